The second-order valence-electron chi connectivity index (χ2n) is 6.94. The Morgan fingerprint density at radius 1 is 1.13 bits per heavy atom. The number of carbonyl (C=O) groups excluding carboxylic acids is 3. The van der Waals surface area contributed by atoms with Crippen LogP contribution < -0.4 is 5.32 Å². The number of fused-ring (bicyclic) bond motifs is 1. The summed E-state index contributed by atoms with van der Waals surface area (Å²) in [6.07, 6.45) is 1.33. The van der Waals surface area contributed by atoms with Gasteiger partial charge in [-0.3, -0.25) is 14.4 Å². The van der Waals surface area contributed by atoms with Crippen molar-refractivity contribution in [2.75, 3.05) is 25.5 Å². The van der Waals surface area contributed by atoms with Crippen LogP contribution >= 0.6 is 0 Å². The smallest absolute Gasteiger partial charge is 0.310 e. The number of anilines is 1. The van der Waals surface area contributed by atoms with E-state index in [0.717, 1.165) is 5.56 Å². The highest BCUT2D eigenvalue weighted by Gasteiger charge is 2.17. The van der Waals surface area contributed by atoms with E-state index in [2.05, 4.69) is 5.32 Å². The number of amides is 2. The summed E-state index contributed by atoms with van der Waals surface area (Å²) in [5.74, 6) is -1.39. The number of aryl methyl sites for hydroxylation is 1. The molecule has 0 radical (unpaired) electrons. The van der Waals surface area contributed by atoms with E-state index in [1.807, 2.05) is 19.1 Å². The van der Waals surface area contributed by atoms with Gasteiger partial charge in [0.25, 0.3) is 5.91 Å². The first-order valence-corrected chi connectivity index (χ1v) is 9.27. The summed E-state index contributed by atoms with van der Waals surface area (Å²) in [6, 6.07) is 11.9. The molecule has 0 unspecified atom stereocenters. The zero-order valence-corrected chi connectivity index (χ0v) is 16.7. The molecule has 2 N–H and O–H groups in total. The number of nitrogens with one attached hydrogen (secondary N) is 1. The number of nitrogens with zero attached hydrogens (tertiary/aromatic N) is 1. The van der Waals surface area contributed by atoms with Crippen LogP contribution in [0.5, 0.6) is 5.75 Å². The highest BCUT2D eigenvalue weighted by atomic mass is 16.5. The molecule has 3 rings (SSSR count). The molecule has 2 amide bonds. The maximum Gasteiger partial charge on any atom is 0.310 e. The number of likely N-dealkylation sites (N-methyl/N-ethyl adjacent to an activating group) is 1. The zero-order valence-electron chi connectivity index (χ0n) is 16.7. The largest absolute Gasteiger partial charge is 0.508 e. The number of carbonyl (C=O) groups is 3. The molecule has 0 aliphatic rings. The van der Waals surface area contributed by atoms with Gasteiger partial charge in [0, 0.05) is 29.8 Å². The number of benzene rings is 2. The minimum absolute atomic E-state index is 0.0611. The normalized spacial score (nSPS) is 10.6. The predicted molar refractivity (Wildman–Crippen MR) is 110 cm³/mol. The zero-order chi connectivity index (χ0) is 21.7. The molecule has 0 fully saturated rings. The Morgan fingerprint density at radius 3 is 2.60 bits per heavy atom. The molecule has 0 aliphatic heterocycles. The molecular weight excluding hydrogens is 388 g/mol. The van der Waals surface area contributed by atoms with E-state index in [1.165, 1.54) is 30.3 Å². The third kappa shape index (κ3) is 5.38. The standard InChI is InChI=1S/C22H22N2O6/c1-14-3-5-16(6-4-14)23-20(26)11-24(2)21(27)13-30-22(28)9-15-12-29-19-10-17(25)7-8-18(15)19/h3-8,10,12,25H,9,11,13H2,1-2H3,(H,23,26). The Bertz CT molecular complexity index is 1070. The van der Waals surface area contributed by atoms with Crippen molar-refractivity contribution < 1.29 is 28.6 Å². The van der Waals surface area contributed by atoms with E-state index in [4.69, 9.17) is 9.15 Å². The number of phenols is 1. The molecule has 8 heteroatoms. The first-order chi connectivity index (χ1) is 14.3. The highest BCUT2D eigenvalue weighted by molar-refractivity contribution is 5.95. The molecule has 156 valence electrons. The molecule has 1 heterocycles. The number of hydrogen-bond acceptors (Lipinski definition) is 6. The highest BCUT2D eigenvalue weighted by Crippen LogP contribution is 2.25. The minimum atomic E-state index is -0.600. The van der Waals surface area contributed by atoms with E-state index in [9.17, 15) is 19.5 Å². The van der Waals surface area contributed by atoms with Gasteiger partial charge in [-0.1, -0.05) is 17.7 Å². The molecule has 8 nitrogen and oxygen atoms in total. The Hall–Kier alpha value is -3.81. The van der Waals surface area contributed by atoms with Crippen molar-refractivity contribution in [1.82, 2.24) is 4.90 Å². The van der Waals surface area contributed by atoms with Crippen molar-refractivity contribution in [1.29, 1.82) is 0 Å². The Balaban J connectivity index is 1.46. The number of rotatable bonds is 7. The van der Waals surface area contributed by atoms with Gasteiger partial charge in [-0.15, -0.1) is 0 Å². The van der Waals surface area contributed by atoms with E-state index >= 15 is 0 Å². The Labute approximate surface area is 173 Å². The number of esters is 1. The van der Waals surface area contributed by atoms with Crippen molar-refractivity contribution in [3.63, 3.8) is 0 Å². The molecule has 0 bridgehead atoms. The second kappa shape index (κ2) is 9.13. The van der Waals surface area contributed by atoms with Gasteiger partial charge < -0.3 is 24.5 Å². The quantitative estimate of drug-likeness (QED) is 0.580. The van der Waals surface area contributed by atoms with Gasteiger partial charge in [0.15, 0.2) is 6.61 Å². The van der Waals surface area contributed by atoms with Crippen molar-refractivity contribution in [2.45, 2.75) is 13.3 Å². The number of aromatic hydroxyl groups is 1. The fraction of sp³-hybridized carbons (Fsp3) is 0.227. The van der Waals surface area contributed by atoms with Gasteiger partial charge in [0.05, 0.1) is 19.2 Å². The van der Waals surface area contributed by atoms with Crippen molar-refractivity contribution in [3.05, 3.63) is 59.9 Å². The lowest BCUT2D eigenvalue weighted by atomic mass is 10.1. The summed E-state index contributed by atoms with van der Waals surface area (Å²) in [4.78, 5) is 37.5. The maximum atomic E-state index is 12.2. The molecule has 1 aromatic heterocycles. The van der Waals surface area contributed by atoms with Gasteiger partial charge in [0.1, 0.15) is 11.3 Å². The Morgan fingerprint density at radius 2 is 1.87 bits per heavy atom. The monoisotopic (exact) mass is 410 g/mol. The minimum Gasteiger partial charge on any atom is -0.508 e. The van der Waals surface area contributed by atoms with E-state index in [-0.39, 0.29) is 24.6 Å². The van der Waals surface area contributed by atoms with Gasteiger partial charge in [-0.25, -0.2) is 0 Å². The van der Waals surface area contributed by atoms with Crippen LogP contribution in [-0.2, 0) is 25.5 Å². The van der Waals surface area contributed by atoms with E-state index < -0.39 is 18.5 Å². The topological polar surface area (TPSA) is 109 Å². The summed E-state index contributed by atoms with van der Waals surface area (Å²) in [5, 5.41) is 12.8. The van der Waals surface area contributed by atoms with Crippen molar-refractivity contribution in [3.8, 4) is 5.75 Å². The van der Waals surface area contributed by atoms with Gasteiger partial charge in [0.2, 0.25) is 5.91 Å². The lowest BCUT2D eigenvalue weighted by Gasteiger charge is -2.16. The fourth-order valence-corrected chi connectivity index (χ4v) is 2.81. The lowest BCUT2D eigenvalue weighted by molar-refractivity contribution is -0.151. The fourth-order valence-electron chi connectivity index (χ4n) is 2.81. The van der Waals surface area contributed by atoms with E-state index in [0.29, 0.717) is 22.2 Å². The lowest BCUT2D eigenvalue weighted by Crippen LogP contribution is -2.37. The van der Waals surface area contributed by atoms with Crippen LogP contribution in [0, 0.1) is 6.92 Å². The average Bonchev–Trinajstić information content (AvgIpc) is 3.09. The molecule has 0 saturated heterocycles. The number of hydrogen-bond donors (Lipinski definition) is 2. The molecule has 30 heavy (non-hydrogen) atoms. The summed E-state index contributed by atoms with van der Waals surface area (Å²) >= 11 is 0. The van der Waals surface area contributed by atoms with Crippen LogP contribution in [0.15, 0.2) is 53.1 Å². The first kappa shape index (κ1) is 20.9. The molecule has 2 aromatic carbocycles. The third-order valence-electron chi connectivity index (χ3n) is 4.47. The Kier molecular flexibility index (Phi) is 6.36. The number of phenolic OH excluding ortho intramolecular Hbond substituents is 1. The number of ether oxygens (including phenoxy) is 1. The molecule has 0 spiro atoms. The molecule has 0 saturated carbocycles. The summed E-state index contributed by atoms with van der Waals surface area (Å²) < 4.78 is 10.3. The van der Waals surface area contributed by atoms with Crippen LogP contribution in [0.2, 0.25) is 0 Å². The first-order valence-electron chi connectivity index (χ1n) is 9.27. The predicted octanol–water partition coefficient (Wildman–Crippen LogP) is 2.63. The third-order valence-corrected chi connectivity index (χ3v) is 4.47. The van der Waals surface area contributed by atoms with Gasteiger partial charge in [-0.2, -0.15) is 0 Å². The van der Waals surface area contributed by atoms with Crippen molar-refractivity contribution >= 4 is 34.4 Å². The molecule has 0 aliphatic carbocycles. The molecule has 0 atom stereocenters. The summed E-state index contributed by atoms with van der Waals surface area (Å²) in [6.45, 7) is 1.31. The van der Waals surface area contributed by atoms with Crippen LogP contribution in [-0.4, -0.2) is 48.0 Å². The molecule has 3 aromatic rings. The van der Waals surface area contributed by atoms with Crippen molar-refractivity contribution in [2.24, 2.45) is 0 Å². The summed E-state index contributed by atoms with van der Waals surface area (Å²) in [5.41, 5.74) is 2.75. The number of furan rings is 1. The van der Waals surface area contributed by atoms with Crippen LogP contribution in [0.25, 0.3) is 11.0 Å². The van der Waals surface area contributed by atoms with Crippen LogP contribution in [0.1, 0.15) is 11.1 Å². The maximum absolute atomic E-state index is 12.2. The summed E-state index contributed by atoms with van der Waals surface area (Å²) in [7, 11) is 1.46. The van der Waals surface area contributed by atoms with Gasteiger partial charge in [-0.05, 0) is 31.2 Å². The van der Waals surface area contributed by atoms with Crippen LogP contribution in [0.4, 0.5) is 5.69 Å². The van der Waals surface area contributed by atoms with Gasteiger partial charge >= 0.3 is 5.97 Å². The second-order valence-corrected chi connectivity index (χ2v) is 6.94. The average molecular weight is 410 g/mol. The SMILES string of the molecule is Cc1ccc(NC(=O)CN(C)C(=O)COC(=O)Cc2coc3cc(O)ccc23)cc1. The molecular formula is C22H22N2O6. The van der Waals surface area contributed by atoms with E-state index in [1.54, 1.807) is 18.2 Å². The van der Waals surface area contributed by atoms with Crippen LogP contribution in [0.3, 0.4) is 0 Å².